The van der Waals surface area contributed by atoms with Gasteiger partial charge in [-0.1, -0.05) is 35.8 Å². The number of anilines is 1. The number of halogens is 2. The molecule has 0 saturated heterocycles. The summed E-state index contributed by atoms with van der Waals surface area (Å²) >= 11 is 10.9. The fraction of sp³-hybridized carbons (Fsp3) is 0.222. The summed E-state index contributed by atoms with van der Waals surface area (Å²) in [5, 5.41) is 5.97. The Bertz CT molecular complexity index is 783. The minimum absolute atomic E-state index is 0.249. The average Bonchev–Trinajstić information content (AvgIpc) is 2.56. The lowest BCUT2D eigenvalue weighted by molar-refractivity contribution is 0.0977. The van der Waals surface area contributed by atoms with Gasteiger partial charge >= 0.3 is 0 Å². The monoisotopic (exact) mass is 532 g/mol. The molecule has 2 aromatic carbocycles. The number of carbonyl (C=O) groups excluding carboxylic acids is 1. The van der Waals surface area contributed by atoms with Gasteiger partial charge in [0.05, 0.1) is 12.3 Å². The molecule has 0 fully saturated rings. The Labute approximate surface area is 175 Å². The lowest BCUT2D eigenvalue weighted by atomic mass is 10.2. The Morgan fingerprint density at radius 1 is 1.28 bits per heavy atom. The summed E-state index contributed by atoms with van der Waals surface area (Å²) in [6.07, 6.45) is 0. The zero-order chi connectivity index (χ0) is 18.4. The second-order valence-electron chi connectivity index (χ2n) is 5.77. The van der Waals surface area contributed by atoms with Crippen LogP contribution in [0.25, 0.3) is 0 Å². The smallest absolute Gasteiger partial charge is 0.257 e. The van der Waals surface area contributed by atoms with Crippen LogP contribution in [-0.2, 0) is 0 Å². The van der Waals surface area contributed by atoms with E-state index in [1.54, 1.807) is 18.2 Å². The molecule has 0 aliphatic heterocycles. The van der Waals surface area contributed by atoms with Crippen LogP contribution in [0.2, 0.25) is 0 Å². The molecule has 0 atom stereocenters. The van der Waals surface area contributed by atoms with Crippen LogP contribution in [-0.4, -0.2) is 17.6 Å². The normalized spacial score (nSPS) is 10.4. The molecule has 0 bridgehead atoms. The predicted octanol–water partition coefficient (Wildman–Crippen LogP) is 5.22. The van der Waals surface area contributed by atoms with Crippen molar-refractivity contribution < 1.29 is 9.53 Å². The molecule has 1 amide bonds. The quantitative estimate of drug-likeness (QED) is 0.409. The van der Waals surface area contributed by atoms with Crippen LogP contribution in [0.1, 0.15) is 24.2 Å². The maximum absolute atomic E-state index is 12.4. The molecule has 2 aromatic rings. The Morgan fingerprint density at radius 2 is 2.04 bits per heavy atom. The summed E-state index contributed by atoms with van der Waals surface area (Å²) < 4.78 is 7.63. The van der Waals surface area contributed by atoms with Crippen LogP contribution in [0.15, 0.2) is 46.9 Å². The number of hydrogen-bond donors (Lipinski definition) is 2. The highest BCUT2D eigenvalue weighted by Crippen LogP contribution is 2.22. The maximum atomic E-state index is 12.4. The van der Waals surface area contributed by atoms with E-state index in [1.807, 2.05) is 24.3 Å². The van der Waals surface area contributed by atoms with E-state index in [-0.39, 0.29) is 11.0 Å². The van der Waals surface area contributed by atoms with Crippen molar-refractivity contribution >= 4 is 67.4 Å². The van der Waals surface area contributed by atoms with E-state index < -0.39 is 0 Å². The molecule has 2 rings (SSSR count). The first-order valence-electron chi connectivity index (χ1n) is 7.65. The van der Waals surface area contributed by atoms with E-state index in [9.17, 15) is 4.79 Å². The number of ether oxygens (including phenoxy) is 1. The first-order valence-corrected chi connectivity index (χ1v) is 9.93. The van der Waals surface area contributed by atoms with Crippen molar-refractivity contribution in [3.8, 4) is 5.75 Å². The molecule has 7 heteroatoms. The van der Waals surface area contributed by atoms with Gasteiger partial charge in [0.1, 0.15) is 5.75 Å². The van der Waals surface area contributed by atoms with Gasteiger partial charge < -0.3 is 10.1 Å². The van der Waals surface area contributed by atoms with E-state index in [1.165, 1.54) is 0 Å². The van der Waals surface area contributed by atoms with Crippen molar-refractivity contribution in [1.82, 2.24) is 5.32 Å². The van der Waals surface area contributed by atoms with Gasteiger partial charge in [-0.25, -0.2) is 0 Å². The summed E-state index contributed by atoms with van der Waals surface area (Å²) in [5.41, 5.74) is 1.33. The third-order valence-electron chi connectivity index (χ3n) is 3.09. The molecule has 0 heterocycles. The number of benzene rings is 2. The lowest BCUT2D eigenvalue weighted by Gasteiger charge is -2.12. The van der Waals surface area contributed by atoms with Crippen LogP contribution >= 0.6 is 50.7 Å². The highest BCUT2D eigenvalue weighted by molar-refractivity contribution is 14.1. The molecule has 0 aliphatic carbocycles. The van der Waals surface area contributed by atoms with Gasteiger partial charge in [0.2, 0.25) is 0 Å². The standard InChI is InChI=1S/C18H18BrIN2O2S/c1-11(2)10-24-14-5-3-4-12(8-14)17(23)22-18(25)21-16-7-6-13(19)9-15(16)20/h3-9,11H,10H2,1-2H3,(H2,21,22,23,25). The van der Waals surface area contributed by atoms with E-state index in [0.717, 1.165) is 13.7 Å². The van der Waals surface area contributed by atoms with Crippen LogP contribution in [0.4, 0.5) is 5.69 Å². The molecule has 0 unspecified atom stereocenters. The van der Waals surface area contributed by atoms with Crippen molar-refractivity contribution in [1.29, 1.82) is 0 Å². The van der Waals surface area contributed by atoms with Crippen molar-refractivity contribution in [3.05, 3.63) is 56.1 Å². The molecular formula is C18H18BrIN2O2S. The summed E-state index contributed by atoms with van der Waals surface area (Å²) in [6, 6.07) is 12.8. The van der Waals surface area contributed by atoms with Gasteiger partial charge in [-0.05, 0) is 77.1 Å². The zero-order valence-corrected chi connectivity index (χ0v) is 18.4. The van der Waals surface area contributed by atoms with Crippen LogP contribution < -0.4 is 15.4 Å². The summed E-state index contributed by atoms with van der Waals surface area (Å²) in [6.45, 7) is 4.75. The minimum Gasteiger partial charge on any atom is -0.493 e. The van der Waals surface area contributed by atoms with E-state index in [0.29, 0.717) is 23.8 Å². The number of rotatable bonds is 5. The molecule has 0 saturated carbocycles. The number of carbonyl (C=O) groups is 1. The number of nitrogens with one attached hydrogen (secondary N) is 2. The Morgan fingerprint density at radius 3 is 2.72 bits per heavy atom. The molecule has 4 nitrogen and oxygen atoms in total. The van der Waals surface area contributed by atoms with Gasteiger partial charge in [0, 0.05) is 13.6 Å². The summed E-state index contributed by atoms with van der Waals surface area (Å²) in [4.78, 5) is 12.4. The average molecular weight is 533 g/mol. The third-order valence-corrected chi connectivity index (χ3v) is 4.68. The molecule has 0 aliphatic rings. The number of hydrogen-bond acceptors (Lipinski definition) is 3. The summed E-state index contributed by atoms with van der Waals surface area (Å²) in [7, 11) is 0. The first-order chi connectivity index (χ1) is 11.8. The van der Waals surface area contributed by atoms with Gasteiger partial charge in [-0.15, -0.1) is 0 Å². The first kappa shape index (κ1) is 20.1. The van der Waals surface area contributed by atoms with Gasteiger partial charge in [-0.3, -0.25) is 10.1 Å². The highest BCUT2D eigenvalue weighted by atomic mass is 127. The van der Waals surface area contributed by atoms with Crippen molar-refractivity contribution in [2.75, 3.05) is 11.9 Å². The van der Waals surface area contributed by atoms with E-state index in [4.69, 9.17) is 17.0 Å². The van der Waals surface area contributed by atoms with Crippen LogP contribution in [0, 0.1) is 9.49 Å². The number of amides is 1. The molecule has 132 valence electrons. The van der Waals surface area contributed by atoms with Crippen LogP contribution in [0.3, 0.4) is 0 Å². The maximum Gasteiger partial charge on any atom is 0.257 e. The molecule has 25 heavy (non-hydrogen) atoms. The zero-order valence-electron chi connectivity index (χ0n) is 13.8. The third kappa shape index (κ3) is 6.56. The topological polar surface area (TPSA) is 50.4 Å². The fourth-order valence-corrected chi connectivity index (χ4v) is 3.55. The highest BCUT2D eigenvalue weighted by Gasteiger charge is 2.10. The van der Waals surface area contributed by atoms with E-state index >= 15 is 0 Å². The Kier molecular flexibility index (Phi) is 7.64. The summed E-state index contributed by atoms with van der Waals surface area (Å²) in [5.74, 6) is 0.810. The van der Waals surface area contributed by atoms with Crippen molar-refractivity contribution in [3.63, 3.8) is 0 Å². The molecule has 0 spiro atoms. The second-order valence-corrected chi connectivity index (χ2v) is 8.25. The second kappa shape index (κ2) is 9.49. The lowest BCUT2D eigenvalue weighted by Crippen LogP contribution is -2.34. The van der Waals surface area contributed by atoms with Gasteiger partial charge in [0.15, 0.2) is 5.11 Å². The van der Waals surface area contributed by atoms with Crippen LogP contribution in [0.5, 0.6) is 5.75 Å². The predicted molar refractivity (Wildman–Crippen MR) is 117 cm³/mol. The van der Waals surface area contributed by atoms with Crippen molar-refractivity contribution in [2.45, 2.75) is 13.8 Å². The van der Waals surface area contributed by atoms with Gasteiger partial charge in [-0.2, -0.15) is 0 Å². The minimum atomic E-state index is -0.278. The molecular weight excluding hydrogens is 515 g/mol. The SMILES string of the molecule is CC(C)COc1cccc(C(=O)NC(=S)Nc2ccc(Br)cc2I)c1. The largest absolute Gasteiger partial charge is 0.493 e. The molecule has 0 radical (unpaired) electrons. The molecule has 2 N–H and O–H groups in total. The fourth-order valence-electron chi connectivity index (χ4n) is 1.91. The Hall–Kier alpha value is -1.19. The van der Waals surface area contributed by atoms with Gasteiger partial charge in [0.25, 0.3) is 5.91 Å². The van der Waals surface area contributed by atoms with E-state index in [2.05, 4.69) is 63.0 Å². The molecule has 0 aromatic heterocycles. The number of thiocarbonyl (C=S) groups is 1. The Balaban J connectivity index is 1.99. The van der Waals surface area contributed by atoms with Crippen molar-refractivity contribution in [2.24, 2.45) is 5.92 Å².